The molecule has 25 heavy (non-hydrogen) atoms. The maximum atomic E-state index is 12.4. The fourth-order valence-electron chi connectivity index (χ4n) is 2.48. The lowest BCUT2D eigenvalue weighted by molar-refractivity contribution is -0.116. The van der Waals surface area contributed by atoms with Gasteiger partial charge in [0.2, 0.25) is 5.91 Å². The van der Waals surface area contributed by atoms with E-state index >= 15 is 0 Å². The molecular weight excluding hydrogens is 344 g/mol. The lowest BCUT2D eigenvalue weighted by Crippen LogP contribution is -2.14. The molecule has 0 saturated heterocycles. The Morgan fingerprint density at radius 1 is 1.12 bits per heavy atom. The topological polar surface area (TPSA) is 54.9 Å². The number of nitrogens with one attached hydrogen (secondary N) is 1. The van der Waals surface area contributed by atoms with Gasteiger partial charge >= 0.3 is 0 Å². The summed E-state index contributed by atoms with van der Waals surface area (Å²) in [5.41, 5.74) is 5.15. The van der Waals surface area contributed by atoms with Gasteiger partial charge in [-0.25, -0.2) is 9.97 Å². The molecule has 0 radical (unpaired) electrons. The van der Waals surface area contributed by atoms with Crippen LogP contribution in [-0.2, 0) is 11.2 Å². The average Bonchev–Trinajstić information content (AvgIpc) is 2.49. The number of nitrogens with zero attached hydrogens (tertiary/aromatic N) is 2. The first kappa shape index (κ1) is 19.3. The number of halogens is 2. The highest BCUT2D eigenvalue weighted by Crippen LogP contribution is 2.24. The van der Waals surface area contributed by atoms with Crippen LogP contribution in [0.3, 0.4) is 0 Å². The molecule has 0 aliphatic rings. The molecule has 0 saturated carbocycles. The van der Waals surface area contributed by atoms with Crippen LogP contribution in [0, 0.1) is 27.7 Å². The molecular formula is C18H21F2N3OS. The van der Waals surface area contributed by atoms with Crippen molar-refractivity contribution in [3.63, 3.8) is 0 Å². The van der Waals surface area contributed by atoms with Crippen LogP contribution >= 0.6 is 11.8 Å². The van der Waals surface area contributed by atoms with Gasteiger partial charge in [0.1, 0.15) is 0 Å². The Kier molecular flexibility index (Phi) is 6.47. The summed E-state index contributed by atoms with van der Waals surface area (Å²) < 4.78 is 24.9. The average molecular weight is 365 g/mol. The second kappa shape index (κ2) is 8.38. The molecule has 0 aliphatic heterocycles. The third-order valence-corrected chi connectivity index (χ3v) is 4.56. The van der Waals surface area contributed by atoms with Crippen LogP contribution in [0.1, 0.15) is 34.5 Å². The minimum absolute atomic E-state index is 0.0633. The zero-order valence-electron chi connectivity index (χ0n) is 14.7. The predicted octanol–water partition coefficient (Wildman–Crippen LogP) is 4.60. The molecule has 0 aliphatic carbocycles. The van der Waals surface area contributed by atoms with Crippen LogP contribution in [0.15, 0.2) is 23.4 Å². The van der Waals surface area contributed by atoms with Gasteiger partial charge in [-0.05, 0) is 74.7 Å². The standard InChI is InChI=1S/C18H21F2N3OS/c1-10-5-6-14(9-11(10)2)23-16(24)8-7-15-12(3)21-18(22-13(15)4)25-17(19)20/h5-6,9,17H,7-8H2,1-4H3,(H,23,24). The molecule has 2 rings (SSSR count). The highest BCUT2D eigenvalue weighted by atomic mass is 32.2. The quantitative estimate of drug-likeness (QED) is 0.601. The Labute approximate surface area is 150 Å². The lowest BCUT2D eigenvalue weighted by atomic mass is 10.1. The number of amides is 1. The first-order valence-corrected chi connectivity index (χ1v) is 8.80. The van der Waals surface area contributed by atoms with Crippen LogP contribution in [0.5, 0.6) is 0 Å². The van der Waals surface area contributed by atoms with Gasteiger partial charge in [0.25, 0.3) is 5.76 Å². The number of carbonyl (C=O) groups excluding carboxylic acids is 1. The van der Waals surface area contributed by atoms with E-state index in [0.29, 0.717) is 29.6 Å². The van der Waals surface area contributed by atoms with Gasteiger partial charge < -0.3 is 5.32 Å². The van der Waals surface area contributed by atoms with Crippen LogP contribution in [-0.4, -0.2) is 21.6 Å². The van der Waals surface area contributed by atoms with Crippen LogP contribution in [0.4, 0.5) is 14.5 Å². The molecule has 0 bridgehead atoms. The van der Waals surface area contributed by atoms with Crippen molar-refractivity contribution < 1.29 is 13.6 Å². The summed E-state index contributed by atoms with van der Waals surface area (Å²) in [6.07, 6.45) is 0.743. The Bertz CT molecular complexity index is 758. The normalized spacial score (nSPS) is 11.0. The second-order valence-corrected chi connectivity index (χ2v) is 6.84. The van der Waals surface area contributed by atoms with Crippen LogP contribution in [0.2, 0.25) is 0 Å². The fraction of sp³-hybridized carbons (Fsp3) is 0.389. The number of hydrogen-bond donors (Lipinski definition) is 1. The molecule has 0 unspecified atom stereocenters. The summed E-state index contributed by atoms with van der Waals surface area (Å²) in [5.74, 6) is -2.65. The molecule has 0 atom stereocenters. The van der Waals surface area contributed by atoms with E-state index in [1.54, 1.807) is 13.8 Å². The Morgan fingerprint density at radius 2 is 1.76 bits per heavy atom. The van der Waals surface area contributed by atoms with Crippen molar-refractivity contribution in [2.45, 2.75) is 51.5 Å². The largest absolute Gasteiger partial charge is 0.326 e. The van der Waals surface area contributed by atoms with E-state index in [1.807, 2.05) is 32.0 Å². The number of rotatable bonds is 6. The molecule has 1 amide bonds. The molecule has 0 spiro atoms. The molecule has 7 heteroatoms. The summed E-state index contributed by atoms with van der Waals surface area (Å²) in [5, 5.41) is 2.94. The van der Waals surface area contributed by atoms with E-state index in [1.165, 1.54) is 5.56 Å². The molecule has 4 nitrogen and oxygen atoms in total. The molecule has 1 heterocycles. The zero-order chi connectivity index (χ0) is 18.6. The molecule has 1 N–H and O–H groups in total. The lowest BCUT2D eigenvalue weighted by Gasteiger charge is -2.11. The molecule has 2 aromatic rings. The van der Waals surface area contributed by atoms with Gasteiger partial charge in [0, 0.05) is 23.5 Å². The summed E-state index contributed by atoms with van der Waals surface area (Å²) in [4.78, 5) is 20.4. The third kappa shape index (κ3) is 5.49. The SMILES string of the molecule is Cc1ccc(NC(=O)CCc2c(C)nc(SC(F)F)nc2C)cc1C. The van der Waals surface area contributed by atoms with Gasteiger partial charge in [-0.1, -0.05) is 6.07 Å². The minimum Gasteiger partial charge on any atom is -0.326 e. The van der Waals surface area contributed by atoms with Crippen molar-refractivity contribution in [1.29, 1.82) is 0 Å². The molecule has 0 fully saturated rings. The number of aryl methyl sites for hydroxylation is 4. The van der Waals surface area contributed by atoms with Crippen LogP contribution in [0.25, 0.3) is 0 Å². The van der Waals surface area contributed by atoms with Gasteiger partial charge in [-0.3, -0.25) is 4.79 Å². The second-order valence-electron chi connectivity index (χ2n) is 5.88. The number of benzene rings is 1. The zero-order valence-corrected chi connectivity index (χ0v) is 15.5. The molecule has 1 aromatic carbocycles. The highest BCUT2D eigenvalue weighted by Gasteiger charge is 2.14. The van der Waals surface area contributed by atoms with Crippen molar-refractivity contribution >= 4 is 23.4 Å². The first-order valence-electron chi connectivity index (χ1n) is 7.92. The van der Waals surface area contributed by atoms with Crippen LogP contribution < -0.4 is 5.32 Å². The van der Waals surface area contributed by atoms with Gasteiger partial charge in [-0.15, -0.1) is 0 Å². The predicted molar refractivity (Wildman–Crippen MR) is 96.2 cm³/mol. The maximum absolute atomic E-state index is 12.4. The number of anilines is 1. The number of aromatic nitrogens is 2. The third-order valence-electron chi connectivity index (χ3n) is 3.99. The molecule has 1 aromatic heterocycles. The molecule has 134 valence electrons. The summed E-state index contributed by atoms with van der Waals surface area (Å²) in [6.45, 7) is 7.51. The number of hydrogen-bond acceptors (Lipinski definition) is 4. The van der Waals surface area contributed by atoms with Crippen molar-refractivity contribution in [3.05, 3.63) is 46.3 Å². The minimum atomic E-state index is -2.55. The van der Waals surface area contributed by atoms with Gasteiger partial charge in [-0.2, -0.15) is 8.78 Å². The van der Waals surface area contributed by atoms with Gasteiger partial charge in [0.05, 0.1) is 0 Å². The van der Waals surface area contributed by atoms with E-state index in [0.717, 1.165) is 16.8 Å². The van der Waals surface area contributed by atoms with E-state index < -0.39 is 5.76 Å². The summed E-state index contributed by atoms with van der Waals surface area (Å²) >= 11 is 0.329. The Morgan fingerprint density at radius 3 is 2.32 bits per heavy atom. The number of carbonyl (C=O) groups is 1. The van der Waals surface area contributed by atoms with Gasteiger partial charge in [0.15, 0.2) is 5.16 Å². The fourth-order valence-corrected chi connectivity index (χ4v) is 3.02. The monoisotopic (exact) mass is 365 g/mol. The van der Waals surface area contributed by atoms with Crippen molar-refractivity contribution in [1.82, 2.24) is 9.97 Å². The Balaban J connectivity index is 2.00. The van der Waals surface area contributed by atoms with E-state index in [2.05, 4.69) is 15.3 Å². The number of alkyl halides is 2. The van der Waals surface area contributed by atoms with Crippen molar-refractivity contribution in [3.8, 4) is 0 Å². The smallest absolute Gasteiger partial charge is 0.291 e. The van der Waals surface area contributed by atoms with Crippen molar-refractivity contribution in [2.75, 3.05) is 5.32 Å². The maximum Gasteiger partial charge on any atom is 0.291 e. The van der Waals surface area contributed by atoms with E-state index in [-0.39, 0.29) is 17.5 Å². The van der Waals surface area contributed by atoms with E-state index in [4.69, 9.17) is 0 Å². The summed E-state index contributed by atoms with van der Waals surface area (Å²) in [6, 6.07) is 5.77. The van der Waals surface area contributed by atoms with E-state index in [9.17, 15) is 13.6 Å². The summed E-state index contributed by atoms with van der Waals surface area (Å²) in [7, 11) is 0. The number of thioether (sulfide) groups is 1. The Hall–Kier alpha value is -2.02. The highest BCUT2D eigenvalue weighted by molar-refractivity contribution is 7.99. The first-order chi connectivity index (χ1) is 11.8. The van der Waals surface area contributed by atoms with Crippen molar-refractivity contribution in [2.24, 2.45) is 0 Å².